The van der Waals surface area contributed by atoms with Crippen LogP contribution in [0.25, 0.3) is 0 Å². The van der Waals surface area contributed by atoms with Gasteiger partial charge >= 0.3 is 5.97 Å². The van der Waals surface area contributed by atoms with Crippen LogP contribution in [0, 0.1) is 11.3 Å². The summed E-state index contributed by atoms with van der Waals surface area (Å²) in [4.78, 5) is 14.5. The van der Waals surface area contributed by atoms with Gasteiger partial charge in [0.15, 0.2) is 5.69 Å². The van der Waals surface area contributed by atoms with Crippen molar-refractivity contribution in [1.29, 1.82) is 5.26 Å². The second kappa shape index (κ2) is 4.53. The van der Waals surface area contributed by atoms with Crippen LogP contribution in [0.5, 0.6) is 5.75 Å². The Morgan fingerprint density at radius 2 is 2.31 bits per heavy atom. The molecule has 1 heterocycles. The lowest BCUT2D eigenvalue weighted by molar-refractivity contribution is 0.0593. The van der Waals surface area contributed by atoms with Crippen molar-refractivity contribution in [3.63, 3.8) is 0 Å². The molecule has 0 amide bonds. The van der Waals surface area contributed by atoms with E-state index in [1.54, 1.807) is 0 Å². The number of halogens is 2. The third-order valence-corrected chi connectivity index (χ3v) is 1.81. The zero-order valence-corrected chi connectivity index (χ0v) is 8.07. The summed E-state index contributed by atoms with van der Waals surface area (Å²) in [6, 6.07) is 1.40. The number of hydrogen-bond donors (Lipinski definition) is 1. The zero-order chi connectivity index (χ0) is 12.3. The molecule has 0 saturated carbocycles. The molecule has 7 heteroatoms. The van der Waals surface area contributed by atoms with Crippen LogP contribution in [0.1, 0.15) is 28.0 Å². The van der Waals surface area contributed by atoms with E-state index in [-0.39, 0.29) is 0 Å². The number of aromatic hydroxyl groups is 1. The highest BCUT2D eigenvalue weighted by atomic mass is 19.3. The lowest BCUT2D eigenvalue weighted by atomic mass is 10.1. The first-order chi connectivity index (χ1) is 7.52. The molecule has 0 unspecified atom stereocenters. The number of aromatic nitrogens is 1. The molecule has 0 radical (unpaired) electrons. The topological polar surface area (TPSA) is 83.2 Å². The summed E-state index contributed by atoms with van der Waals surface area (Å²) >= 11 is 0. The van der Waals surface area contributed by atoms with E-state index in [1.165, 1.54) is 6.07 Å². The summed E-state index contributed by atoms with van der Waals surface area (Å²) in [5, 5.41) is 17.8. The average molecular weight is 228 g/mol. The number of pyridine rings is 1. The van der Waals surface area contributed by atoms with Crippen LogP contribution in [0.3, 0.4) is 0 Å². The standard InChI is InChI=1S/C9H6F2N2O3/c1-16-9(15)7-4(2-12)6(8(10)11)5(14)3-13-7/h3,8,14H,1H3. The van der Waals surface area contributed by atoms with Gasteiger partial charge in [-0.15, -0.1) is 0 Å². The van der Waals surface area contributed by atoms with E-state index in [1.807, 2.05) is 0 Å². The molecule has 0 fully saturated rings. The number of rotatable bonds is 2. The molecule has 0 aliphatic heterocycles. The fourth-order valence-corrected chi connectivity index (χ4v) is 1.10. The maximum atomic E-state index is 12.5. The van der Waals surface area contributed by atoms with Gasteiger partial charge in [-0.3, -0.25) is 0 Å². The number of hydrogen-bond acceptors (Lipinski definition) is 5. The van der Waals surface area contributed by atoms with E-state index in [0.29, 0.717) is 6.20 Å². The van der Waals surface area contributed by atoms with Crippen molar-refractivity contribution in [3.05, 3.63) is 23.0 Å². The second-order valence-corrected chi connectivity index (χ2v) is 2.68. The van der Waals surface area contributed by atoms with Crippen LogP contribution in [0.2, 0.25) is 0 Å². The van der Waals surface area contributed by atoms with E-state index < -0.39 is 35.0 Å². The molecule has 84 valence electrons. The predicted octanol–water partition coefficient (Wildman–Crippen LogP) is 1.38. The zero-order valence-electron chi connectivity index (χ0n) is 8.07. The van der Waals surface area contributed by atoms with E-state index in [2.05, 4.69) is 9.72 Å². The van der Waals surface area contributed by atoms with Gasteiger partial charge in [0.25, 0.3) is 6.43 Å². The SMILES string of the molecule is COC(=O)c1ncc(O)c(C(F)F)c1C#N. The van der Waals surface area contributed by atoms with Gasteiger partial charge in [-0.05, 0) is 0 Å². The Morgan fingerprint density at radius 1 is 1.69 bits per heavy atom. The van der Waals surface area contributed by atoms with Gasteiger partial charge in [-0.25, -0.2) is 18.6 Å². The first kappa shape index (κ1) is 11.8. The summed E-state index contributed by atoms with van der Waals surface area (Å²) < 4.78 is 29.3. The van der Waals surface area contributed by atoms with Crippen molar-refractivity contribution in [2.45, 2.75) is 6.43 Å². The Kier molecular flexibility index (Phi) is 3.35. The Morgan fingerprint density at radius 3 is 2.75 bits per heavy atom. The molecule has 0 aliphatic carbocycles. The summed E-state index contributed by atoms with van der Waals surface area (Å²) in [6.07, 6.45) is -2.41. The van der Waals surface area contributed by atoms with E-state index in [4.69, 9.17) is 10.4 Å². The maximum Gasteiger partial charge on any atom is 0.358 e. The quantitative estimate of drug-likeness (QED) is 0.773. The Labute approximate surface area is 88.9 Å². The van der Waals surface area contributed by atoms with Crippen LogP contribution >= 0.6 is 0 Å². The summed E-state index contributed by atoms with van der Waals surface area (Å²) in [5.41, 5.74) is -2.14. The van der Waals surface area contributed by atoms with Gasteiger partial charge in [-0.2, -0.15) is 5.26 Å². The first-order valence-electron chi connectivity index (χ1n) is 4.01. The minimum Gasteiger partial charge on any atom is -0.506 e. The van der Waals surface area contributed by atoms with Crippen molar-refractivity contribution in [1.82, 2.24) is 4.98 Å². The van der Waals surface area contributed by atoms with Crippen molar-refractivity contribution in [2.75, 3.05) is 7.11 Å². The molecule has 5 nitrogen and oxygen atoms in total. The number of methoxy groups -OCH3 is 1. The molecule has 1 rings (SSSR count). The molecule has 1 N–H and O–H groups in total. The van der Waals surface area contributed by atoms with Gasteiger partial charge in [0.1, 0.15) is 11.8 Å². The number of carbonyl (C=O) groups is 1. The molecule has 1 aromatic rings. The lowest BCUT2D eigenvalue weighted by Gasteiger charge is -2.08. The van der Waals surface area contributed by atoms with Crippen LogP contribution in [0.15, 0.2) is 6.20 Å². The predicted molar refractivity (Wildman–Crippen MR) is 46.9 cm³/mol. The highest BCUT2D eigenvalue weighted by Crippen LogP contribution is 2.31. The number of nitriles is 1. The molecular weight excluding hydrogens is 222 g/mol. The average Bonchev–Trinajstić information content (AvgIpc) is 2.26. The number of alkyl halides is 2. The van der Waals surface area contributed by atoms with Gasteiger partial charge in [0.2, 0.25) is 0 Å². The van der Waals surface area contributed by atoms with Crippen LogP contribution in [0.4, 0.5) is 8.78 Å². The Hall–Kier alpha value is -2.23. The number of ether oxygens (including phenoxy) is 1. The number of nitrogens with zero attached hydrogens (tertiary/aromatic N) is 2. The van der Waals surface area contributed by atoms with Gasteiger partial charge < -0.3 is 9.84 Å². The molecule has 0 aromatic carbocycles. The van der Waals surface area contributed by atoms with Crippen LogP contribution < -0.4 is 0 Å². The van der Waals surface area contributed by atoms with E-state index >= 15 is 0 Å². The minimum atomic E-state index is -3.08. The molecule has 0 aliphatic rings. The Bertz CT molecular complexity index is 469. The normalized spacial score (nSPS) is 9.94. The van der Waals surface area contributed by atoms with Gasteiger partial charge in [0, 0.05) is 0 Å². The molecule has 0 atom stereocenters. The van der Waals surface area contributed by atoms with E-state index in [0.717, 1.165) is 7.11 Å². The number of carbonyl (C=O) groups excluding carboxylic acids is 1. The Balaban J connectivity index is 3.51. The maximum absolute atomic E-state index is 12.5. The fourth-order valence-electron chi connectivity index (χ4n) is 1.10. The third kappa shape index (κ3) is 1.91. The van der Waals surface area contributed by atoms with Crippen LogP contribution in [-0.2, 0) is 4.74 Å². The molecule has 0 spiro atoms. The van der Waals surface area contributed by atoms with Crippen molar-refractivity contribution in [2.24, 2.45) is 0 Å². The first-order valence-corrected chi connectivity index (χ1v) is 4.01. The van der Waals surface area contributed by atoms with Crippen molar-refractivity contribution >= 4 is 5.97 Å². The molecule has 16 heavy (non-hydrogen) atoms. The fraction of sp³-hybridized carbons (Fsp3) is 0.222. The second-order valence-electron chi connectivity index (χ2n) is 2.68. The highest BCUT2D eigenvalue weighted by Gasteiger charge is 2.25. The lowest BCUT2D eigenvalue weighted by Crippen LogP contribution is -2.09. The monoisotopic (exact) mass is 228 g/mol. The summed E-state index contributed by atoms with van der Waals surface area (Å²) in [6.45, 7) is 0. The molecular formula is C9H6F2N2O3. The summed E-state index contributed by atoms with van der Waals surface area (Å²) in [5.74, 6) is -1.85. The largest absolute Gasteiger partial charge is 0.506 e. The minimum absolute atomic E-state index is 0.543. The number of esters is 1. The molecule has 0 saturated heterocycles. The van der Waals surface area contributed by atoms with Gasteiger partial charge in [0.05, 0.1) is 24.4 Å². The third-order valence-electron chi connectivity index (χ3n) is 1.81. The van der Waals surface area contributed by atoms with Gasteiger partial charge in [-0.1, -0.05) is 0 Å². The van der Waals surface area contributed by atoms with Crippen molar-refractivity contribution in [3.8, 4) is 11.8 Å². The molecule has 1 aromatic heterocycles. The van der Waals surface area contributed by atoms with Crippen molar-refractivity contribution < 1.29 is 23.4 Å². The molecule has 0 bridgehead atoms. The van der Waals surface area contributed by atoms with Crippen LogP contribution in [-0.4, -0.2) is 23.2 Å². The smallest absolute Gasteiger partial charge is 0.358 e. The highest BCUT2D eigenvalue weighted by molar-refractivity contribution is 5.90. The van der Waals surface area contributed by atoms with E-state index in [9.17, 15) is 13.6 Å². The summed E-state index contributed by atoms with van der Waals surface area (Å²) in [7, 11) is 1.03.